The fourth-order valence-corrected chi connectivity index (χ4v) is 5.08. The Bertz CT molecular complexity index is 753. The molecule has 1 saturated carbocycles. The number of carbonyl (C=O) groups excluding carboxylic acids is 2. The fraction of sp³-hybridized carbons (Fsp3) is 0.500. The molecule has 0 aromatic heterocycles. The van der Waals surface area contributed by atoms with Crippen molar-refractivity contribution in [1.82, 2.24) is 0 Å². The first-order valence-corrected chi connectivity index (χ1v) is 8.64. The Morgan fingerprint density at radius 3 is 2.21 bits per heavy atom. The Morgan fingerprint density at radius 1 is 1.04 bits per heavy atom. The summed E-state index contributed by atoms with van der Waals surface area (Å²) < 4.78 is 13.2. The van der Waals surface area contributed by atoms with Gasteiger partial charge in [0.15, 0.2) is 0 Å². The number of anilines is 1. The molecule has 1 aromatic carbocycles. The van der Waals surface area contributed by atoms with Gasteiger partial charge in [0.2, 0.25) is 11.8 Å². The lowest BCUT2D eigenvalue weighted by Crippen LogP contribution is -2.53. The molecule has 2 amide bonds. The van der Waals surface area contributed by atoms with Gasteiger partial charge in [-0.25, -0.2) is 9.29 Å². The number of carbonyl (C=O) groups is 2. The van der Waals surface area contributed by atoms with Gasteiger partial charge in [-0.05, 0) is 48.4 Å². The minimum atomic E-state index is -0.373. The number of fused-ring (bicyclic) bond motifs is 1. The molecule has 2 bridgehead atoms. The molecule has 126 valence electrons. The van der Waals surface area contributed by atoms with Crippen molar-refractivity contribution in [3.8, 4) is 0 Å². The van der Waals surface area contributed by atoms with Gasteiger partial charge in [0, 0.05) is 5.41 Å². The van der Waals surface area contributed by atoms with Crippen molar-refractivity contribution < 1.29 is 14.0 Å². The summed E-state index contributed by atoms with van der Waals surface area (Å²) in [6.45, 7) is 6.35. The quantitative estimate of drug-likeness (QED) is 0.609. The van der Waals surface area contributed by atoms with Crippen molar-refractivity contribution in [2.45, 2.75) is 33.6 Å². The smallest absolute Gasteiger partial charge is 0.238 e. The number of hydrogen-bond donors (Lipinski definition) is 0. The van der Waals surface area contributed by atoms with Crippen LogP contribution in [0, 0.1) is 34.4 Å². The number of allylic oxidation sites excluding steroid dienone is 2. The predicted octanol–water partition coefficient (Wildman–Crippen LogP) is 3.94. The minimum Gasteiger partial charge on any atom is -0.274 e. The van der Waals surface area contributed by atoms with E-state index in [-0.39, 0.29) is 46.2 Å². The van der Waals surface area contributed by atoms with Crippen LogP contribution in [0.25, 0.3) is 0 Å². The van der Waals surface area contributed by atoms with E-state index >= 15 is 0 Å². The topological polar surface area (TPSA) is 37.4 Å². The number of hydrogen-bond acceptors (Lipinski definition) is 2. The van der Waals surface area contributed by atoms with Crippen LogP contribution in [-0.4, -0.2) is 11.8 Å². The number of halogens is 1. The van der Waals surface area contributed by atoms with Crippen LogP contribution >= 0.6 is 0 Å². The summed E-state index contributed by atoms with van der Waals surface area (Å²) in [6.07, 6.45) is 6.23. The van der Waals surface area contributed by atoms with E-state index in [2.05, 4.69) is 32.9 Å². The molecule has 4 heteroatoms. The highest BCUT2D eigenvalue weighted by Gasteiger charge is 2.67. The van der Waals surface area contributed by atoms with Crippen LogP contribution < -0.4 is 4.90 Å². The molecule has 1 heterocycles. The second kappa shape index (κ2) is 4.78. The maximum atomic E-state index is 13.3. The van der Waals surface area contributed by atoms with Crippen LogP contribution in [0.5, 0.6) is 0 Å². The van der Waals surface area contributed by atoms with Gasteiger partial charge >= 0.3 is 0 Å². The highest BCUT2D eigenvalue weighted by molar-refractivity contribution is 6.23. The second-order valence-electron chi connectivity index (χ2n) is 8.05. The Kier molecular flexibility index (Phi) is 3.09. The van der Waals surface area contributed by atoms with Crippen molar-refractivity contribution in [3.05, 3.63) is 42.2 Å². The van der Waals surface area contributed by atoms with Gasteiger partial charge in [0.25, 0.3) is 0 Å². The third-order valence-corrected chi connectivity index (χ3v) is 6.63. The van der Waals surface area contributed by atoms with Crippen LogP contribution in [0.3, 0.4) is 0 Å². The molecule has 0 spiro atoms. The first-order chi connectivity index (χ1) is 11.3. The standard InChI is InChI=1S/C20H22FNO2/c1-12(2)20-10-8-19(3,9-11-20)15-16(20)18(24)22(17(15)23)14-6-4-13(21)5-7-14/h4-8,10,12,15-16H,9,11H2,1-3H3. The molecule has 4 atom stereocenters. The SMILES string of the molecule is CC(C)C12C=CC(C)(CC1)C1C(=O)N(c3ccc(F)cc3)C(=O)C12. The lowest BCUT2D eigenvalue weighted by molar-refractivity contribution is -0.135. The van der Waals surface area contributed by atoms with Crippen molar-refractivity contribution in [2.24, 2.45) is 28.6 Å². The van der Waals surface area contributed by atoms with Crippen molar-refractivity contribution in [1.29, 1.82) is 0 Å². The van der Waals surface area contributed by atoms with Crippen LogP contribution in [0.1, 0.15) is 33.6 Å². The third-order valence-electron chi connectivity index (χ3n) is 6.63. The fourth-order valence-electron chi connectivity index (χ4n) is 5.08. The Balaban J connectivity index is 1.84. The lowest BCUT2D eigenvalue weighted by atomic mass is 9.46. The summed E-state index contributed by atoms with van der Waals surface area (Å²) in [4.78, 5) is 27.7. The normalized spacial score (nSPS) is 37.5. The van der Waals surface area contributed by atoms with Gasteiger partial charge in [-0.15, -0.1) is 0 Å². The average molecular weight is 327 g/mol. The molecule has 1 saturated heterocycles. The number of nitrogens with zero attached hydrogens (tertiary/aromatic N) is 1. The van der Waals surface area contributed by atoms with Crippen LogP contribution in [0.2, 0.25) is 0 Å². The van der Waals surface area contributed by atoms with Crippen molar-refractivity contribution >= 4 is 17.5 Å². The zero-order chi connectivity index (χ0) is 17.3. The first-order valence-electron chi connectivity index (χ1n) is 8.64. The monoisotopic (exact) mass is 327 g/mol. The van der Waals surface area contributed by atoms with Gasteiger partial charge in [-0.1, -0.05) is 32.9 Å². The third kappa shape index (κ3) is 1.77. The van der Waals surface area contributed by atoms with E-state index in [0.717, 1.165) is 12.8 Å². The lowest BCUT2D eigenvalue weighted by Gasteiger charge is -2.55. The minimum absolute atomic E-state index is 0.124. The van der Waals surface area contributed by atoms with E-state index in [1.807, 2.05) is 0 Å². The summed E-state index contributed by atoms with van der Waals surface area (Å²) >= 11 is 0. The molecule has 3 aliphatic carbocycles. The van der Waals surface area contributed by atoms with Crippen LogP contribution in [0.15, 0.2) is 36.4 Å². The summed E-state index contributed by atoms with van der Waals surface area (Å²) in [5, 5.41) is 0. The highest BCUT2D eigenvalue weighted by atomic mass is 19.1. The number of imide groups is 1. The summed E-state index contributed by atoms with van der Waals surface area (Å²) in [5.41, 5.74) is -0.0324. The van der Waals surface area contributed by atoms with Crippen LogP contribution in [0.4, 0.5) is 10.1 Å². The van der Waals surface area contributed by atoms with Gasteiger partial charge in [-0.2, -0.15) is 0 Å². The molecule has 1 aromatic rings. The maximum Gasteiger partial charge on any atom is 0.238 e. The molecule has 5 rings (SSSR count). The molecule has 1 aliphatic heterocycles. The number of rotatable bonds is 2. The van der Waals surface area contributed by atoms with Gasteiger partial charge in [0.1, 0.15) is 5.82 Å². The Labute approximate surface area is 141 Å². The van der Waals surface area contributed by atoms with Gasteiger partial charge in [-0.3, -0.25) is 9.59 Å². The van der Waals surface area contributed by atoms with E-state index in [1.54, 1.807) is 0 Å². The predicted molar refractivity (Wildman–Crippen MR) is 89.6 cm³/mol. The highest BCUT2D eigenvalue weighted by Crippen LogP contribution is 2.64. The summed E-state index contributed by atoms with van der Waals surface area (Å²) in [7, 11) is 0. The van der Waals surface area contributed by atoms with Gasteiger partial charge in [0.05, 0.1) is 17.5 Å². The van der Waals surface area contributed by atoms with E-state index in [4.69, 9.17) is 0 Å². The second-order valence-corrected chi connectivity index (χ2v) is 8.05. The summed E-state index contributed by atoms with van der Waals surface area (Å²) in [5.74, 6) is -0.956. The van der Waals surface area contributed by atoms with Gasteiger partial charge < -0.3 is 0 Å². The number of benzene rings is 1. The zero-order valence-corrected chi connectivity index (χ0v) is 14.3. The molecule has 4 unspecified atom stereocenters. The van der Waals surface area contributed by atoms with E-state index in [9.17, 15) is 14.0 Å². The maximum absolute atomic E-state index is 13.3. The molecule has 3 nitrogen and oxygen atoms in total. The molecule has 0 radical (unpaired) electrons. The summed E-state index contributed by atoms with van der Waals surface area (Å²) in [6, 6.07) is 5.62. The largest absolute Gasteiger partial charge is 0.274 e. The Morgan fingerprint density at radius 2 is 1.67 bits per heavy atom. The van der Waals surface area contributed by atoms with Crippen molar-refractivity contribution in [3.63, 3.8) is 0 Å². The molecule has 2 fully saturated rings. The molecule has 4 aliphatic rings. The Hall–Kier alpha value is -1.97. The molecule has 24 heavy (non-hydrogen) atoms. The van der Waals surface area contributed by atoms with Crippen molar-refractivity contribution in [2.75, 3.05) is 4.90 Å². The van der Waals surface area contributed by atoms with E-state index in [1.165, 1.54) is 29.2 Å². The van der Waals surface area contributed by atoms with E-state index in [0.29, 0.717) is 5.69 Å². The van der Waals surface area contributed by atoms with Crippen LogP contribution in [-0.2, 0) is 9.59 Å². The molecular formula is C20H22FNO2. The number of amides is 2. The average Bonchev–Trinajstić information content (AvgIpc) is 2.83. The van der Waals surface area contributed by atoms with E-state index < -0.39 is 0 Å². The first kappa shape index (κ1) is 15.6. The zero-order valence-electron chi connectivity index (χ0n) is 14.3. The molecular weight excluding hydrogens is 305 g/mol. The molecule has 0 N–H and O–H groups in total.